The monoisotopic (exact) mass is 434 g/mol. The molecule has 0 saturated heterocycles. The van der Waals surface area contributed by atoms with E-state index in [4.69, 9.17) is 9.47 Å². The van der Waals surface area contributed by atoms with Crippen LogP contribution >= 0.6 is 22.6 Å². The molecule has 2 rings (SSSR count). The molecule has 1 atom stereocenters. The molecule has 122 valence electrons. The molecule has 2 aromatic rings. The number of ether oxygens (including phenoxy) is 2. The van der Waals surface area contributed by atoms with Crippen molar-refractivity contribution in [2.75, 3.05) is 6.61 Å². The molecule has 0 N–H and O–H groups in total. The van der Waals surface area contributed by atoms with Crippen molar-refractivity contribution in [1.29, 1.82) is 0 Å². The Kier molecular flexibility index (Phi) is 6.82. The first-order valence-electron chi connectivity index (χ1n) is 7.30. The molecule has 0 heterocycles. The van der Waals surface area contributed by atoms with Crippen molar-refractivity contribution in [3.63, 3.8) is 0 Å². The summed E-state index contributed by atoms with van der Waals surface area (Å²) in [5.41, 5.74) is 1.10. The number of rotatable bonds is 4. The maximum Gasteiger partial charge on any atom is 0.360 e. The average molecular weight is 434 g/mol. The number of esters is 2. The summed E-state index contributed by atoms with van der Waals surface area (Å²) in [6.45, 7) is 1.87. The van der Waals surface area contributed by atoms with Crippen LogP contribution in [-0.2, 0) is 14.3 Å². The second-order valence-electron chi connectivity index (χ2n) is 4.65. The standard InChI is InChI=1S/C19H15IO4/c1-2-23-19(22)17(13-12-14-8-4-3-5-9-14)24-18(21)15-10-6-7-11-16(15)20/h3-11,17H,2H2,1H3. The molecule has 24 heavy (non-hydrogen) atoms. The maximum absolute atomic E-state index is 12.3. The van der Waals surface area contributed by atoms with Crippen LogP contribution in [0.3, 0.4) is 0 Å². The molecule has 0 aliphatic carbocycles. The first kappa shape index (κ1) is 18.0. The van der Waals surface area contributed by atoms with Gasteiger partial charge in [-0.2, -0.15) is 0 Å². The highest BCUT2D eigenvalue weighted by Crippen LogP contribution is 2.14. The van der Waals surface area contributed by atoms with E-state index in [1.807, 2.05) is 46.9 Å². The molecule has 0 saturated carbocycles. The quantitative estimate of drug-likeness (QED) is 0.421. The van der Waals surface area contributed by atoms with Gasteiger partial charge in [-0.05, 0) is 59.7 Å². The highest BCUT2D eigenvalue weighted by Gasteiger charge is 2.23. The van der Waals surface area contributed by atoms with Crippen LogP contribution in [-0.4, -0.2) is 24.6 Å². The minimum atomic E-state index is -1.27. The minimum absolute atomic E-state index is 0.183. The van der Waals surface area contributed by atoms with Crippen LogP contribution in [0.25, 0.3) is 0 Å². The molecule has 4 nitrogen and oxygen atoms in total. The van der Waals surface area contributed by atoms with Gasteiger partial charge in [0.15, 0.2) is 0 Å². The fourth-order valence-electron chi connectivity index (χ4n) is 1.82. The van der Waals surface area contributed by atoms with Crippen LogP contribution in [0.1, 0.15) is 22.8 Å². The van der Waals surface area contributed by atoms with Gasteiger partial charge in [-0.3, -0.25) is 0 Å². The Balaban J connectivity index is 2.21. The number of halogens is 1. The summed E-state index contributed by atoms with van der Waals surface area (Å²) >= 11 is 2.03. The molecule has 0 radical (unpaired) electrons. The molecular formula is C19H15IO4. The van der Waals surface area contributed by atoms with Crippen molar-refractivity contribution in [2.45, 2.75) is 13.0 Å². The summed E-state index contributed by atoms with van der Waals surface area (Å²) in [6, 6.07) is 16.1. The zero-order valence-electron chi connectivity index (χ0n) is 13.0. The molecule has 0 fully saturated rings. The lowest BCUT2D eigenvalue weighted by molar-refractivity contribution is -0.150. The van der Waals surface area contributed by atoms with Crippen molar-refractivity contribution in [2.24, 2.45) is 0 Å². The number of carbonyl (C=O) groups is 2. The Morgan fingerprint density at radius 1 is 1.08 bits per heavy atom. The van der Waals surface area contributed by atoms with Gasteiger partial charge < -0.3 is 9.47 Å². The number of hydrogen-bond donors (Lipinski definition) is 0. The summed E-state index contributed by atoms with van der Waals surface area (Å²) < 4.78 is 10.9. The summed E-state index contributed by atoms with van der Waals surface area (Å²) in [7, 11) is 0. The molecular weight excluding hydrogens is 419 g/mol. The molecule has 1 unspecified atom stereocenters. The molecule has 0 spiro atoms. The Labute approximate surface area is 154 Å². The molecule has 5 heteroatoms. The van der Waals surface area contributed by atoms with Crippen LogP contribution in [0.2, 0.25) is 0 Å². The predicted molar refractivity (Wildman–Crippen MR) is 98.3 cm³/mol. The topological polar surface area (TPSA) is 52.6 Å². The first-order valence-corrected chi connectivity index (χ1v) is 8.38. The van der Waals surface area contributed by atoms with Gasteiger partial charge in [0, 0.05) is 9.13 Å². The molecule has 0 aliphatic rings. The smallest absolute Gasteiger partial charge is 0.360 e. The lowest BCUT2D eigenvalue weighted by Gasteiger charge is -2.12. The third-order valence-corrected chi connectivity index (χ3v) is 3.88. The van der Waals surface area contributed by atoms with Crippen molar-refractivity contribution >= 4 is 34.5 Å². The van der Waals surface area contributed by atoms with Gasteiger partial charge >= 0.3 is 11.9 Å². The summed E-state index contributed by atoms with van der Waals surface area (Å²) in [4.78, 5) is 24.3. The number of benzene rings is 2. The Hall–Kier alpha value is -2.33. The lowest BCUT2D eigenvalue weighted by atomic mass is 10.2. The molecule has 0 bridgehead atoms. The van der Waals surface area contributed by atoms with Gasteiger partial charge in [0.1, 0.15) is 0 Å². The third-order valence-electron chi connectivity index (χ3n) is 2.94. The van der Waals surface area contributed by atoms with Crippen molar-refractivity contribution in [1.82, 2.24) is 0 Å². The normalized spacial score (nSPS) is 10.9. The van der Waals surface area contributed by atoms with Crippen LogP contribution in [0, 0.1) is 15.4 Å². The fraction of sp³-hybridized carbons (Fsp3) is 0.158. The van der Waals surface area contributed by atoms with Gasteiger partial charge in [0.2, 0.25) is 0 Å². The number of hydrogen-bond acceptors (Lipinski definition) is 4. The second kappa shape index (κ2) is 9.08. The van der Waals surface area contributed by atoms with Crippen LogP contribution in [0.15, 0.2) is 54.6 Å². The highest BCUT2D eigenvalue weighted by molar-refractivity contribution is 14.1. The van der Waals surface area contributed by atoms with E-state index in [0.29, 0.717) is 5.56 Å². The number of carbonyl (C=O) groups excluding carboxylic acids is 2. The molecule has 0 aliphatic heterocycles. The van der Waals surface area contributed by atoms with E-state index in [1.165, 1.54) is 0 Å². The highest BCUT2D eigenvalue weighted by atomic mass is 127. The average Bonchev–Trinajstić information content (AvgIpc) is 2.60. The fourth-order valence-corrected chi connectivity index (χ4v) is 2.43. The van der Waals surface area contributed by atoms with E-state index in [-0.39, 0.29) is 6.61 Å². The maximum atomic E-state index is 12.3. The Morgan fingerprint density at radius 3 is 2.42 bits per heavy atom. The van der Waals surface area contributed by atoms with Gasteiger partial charge in [-0.1, -0.05) is 36.3 Å². The zero-order chi connectivity index (χ0) is 17.4. The Bertz CT molecular complexity index is 775. The van der Waals surface area contributed by atoms with Gasteiger partial charge in [-0.15, -0.1) is 0 Å². The van der Waals surface area contributed by atoms with Crippen LogP contribution < -0.4 is 0 Å². The zero-order valence-corrected chi connectivity index (χ0v) is 15.1. The van der Waals surface area contributed by atoms with E-state index in [0.717, 1.165) is 9.13 Å². The minimum Gasteiger partial charge on any atom is -0.462 e. The van der Waals surface area contributed by atoms with Gasteiger partial charge in [0.25, 0.3) is 6.10 Å². The van der Waals surface area contributed by atoms with E-state index in [2.05, 4.69) is 11.8 Å². The molecule has 0 aromatic heterocycles. The Morgan fingerprint density at radius 2 is 1.75 bits per heavy atom. The summed E-state index contributed by atoms with van der Waals surface area (Å²) in [6.07, 6.45) is -1.27. The summed E-state index contributed by atoms with van der Waals surface area (Å²) in [5.74, 6) is 4.21. The molecule has 2 aromatic carbocycles. The van der Waals surface area contributed by atoms with Crippen molar-refractivity contribution in [3.05, 3.63) is 69.3 Å². The first-order chi connectivity index (χ1) is 11.6. The summed E-state index contributed by atoms with van der Waals surface area (Å²) in [5, 5.41) is 0. The second-order valence-corrected chi connectivity index (χ2v) is 5.81. The van der Waals surface area contributed by atoms with E-state index < -0.39 is 18.0 Å². The SMILES string of the molecule is CCOC(=O)C(C#Cc1ccccc1)OC(=O)c1ccccc1I. The van der Waals surface area contributed by atoms with E-state index in [1.54, 1.807) is 37.3 Å². The van der Waals surface area contributed by atoms with E-state index in [9.17, 15) is 9.59 Å². The van der Waals surface area contributed by atoms with Crippen LogP contribution in [0.4, 0.5) is 0 Å². The van der Waals surface area contributed by atoms with E-state index >= 15 is 0 Å². The predicted octanol–water partition coefficient (Wildman–Crippen LogP) is 3.43. The van der Waals surface area contributed by atoms with Crippen LogP contribution in [0.5, 0.6) is 0 Å². The largest absolute Gasteiger partial charge is 0.462 e. The van der Waals surface area contributed by atoms with Gasteiger partial charge in [-0.25, -0.2) is 9.59 Å². The third kappa shape index (κ3) is 5.10. The van der Waals surface area contributed by atoms with Gasteiger partial charge in [0.05, 0.1) is 12.2 Å². The van der Waals surface area contributed by atoms with Crippen molar-refractivity contribution in [3.8, 4) is 11.8 Å². The van der Waals surface area contributed by atoms with Crippen molar-refractivity contribution < 1.29 is 19.1 Å². The molecule has 0 amide bonds. The lowest BCUT2D eigenvalue weighted by Crippen LogP contribution is -2.28.